The molecular formula is C47H45N3. The zero-order chi connectivity index (χ0) is 34.5. The van der Waals surface area contributed by atoms with Crippen LogP contribution in [0.2, 0.25) is 0 Å². The smallest absolute Gasteiger partial charge is 0.138 e. The van der Waals surface area contributed by atoms with Gasteiger partial charge in [0.15, 0.2) is 0 Å². The second kappa shape index (κ2) is 14.6. The van der Waals surface area contributed by atoms with Crippen LogP contribution in [0.3, 0.4) is 0 Å². The summed E-state index contributed by atoms with van der Waals surface area (Å²) in [6, 6.07) is 46.3. The number of hydrogen-bond donors (Lipinski definition) is 0. The fraction of sp³-hybridized carbons (Fsp3) is 0.277. The highest BCUT2D eigenvalue weighted by Gasteiger charge is 2.51. The molecule has 0 bridgehead atoms. The summed E-state index contributed by atoms with van der Waals surface area (Å²) in [5, 5.41) is 20.4. The normalized spacial score (nSPS) is 13.4. The average molecular weight is 652 g/mol. The third kappa shape index (κ3) is 5.62. The van der Waals surface area contributed by atoms with E-state index < -0.39 is 5.41 Å². The van der Waals surface area contributed by atoms with Crippen LogP contribution < -0.4 is 4.90 Å². The molecule has 0 saturated carbocycles. The van der Waals surface area contributed by atoms with Crippen molar-refractivity contribution in [1.29, 1.82) is 10.5 Å². The topological polar surface area (TPSA) is 50.8 Å². The molecule has 1 spiro atoms. The van der Waals surface area contributed by atoms with E-state index in [1.165, 1.54) is 79.3 Å². The van der Waals surface area contributed by atoms with Crippen LogP contribution in [0.15, 0.2) is 121 Å². The van der Waals surface area contributed by atoms with Crippen molar-refractivity contribution >= 4 is 22.6 Å². The van der Waals surface area contributed by atoms with Crippen molar-refractivity contribution in [3.05, 3.63) is 165 Å². The quantitative estimate of drug-likeness (QED) is 0.103. The number of hydrogen-bond acceptors (Lipinski definition) is 3. The predicted octanol–water partition coefficient (Wildman–Crippen LogP) is 12.3. The monoisotopic (exact) mass is 651 g/mol. The van der Waals surface area contributed by atoms with E-state index in [0.717, 1.165) is 46.5 Å². The van der Waals surface area contributed by atoms with E-state index in [4.69, 9.17) is 0 Å². The van der Waals surface area contributed by atoms with Gasteiger partial charge in [0.25, 0.3) is 0 Å². The Morgan fingerprint density at radius 2 is 0.980 bits per heavy atom. The number of nitrogens with zero attached hydrogens (tertiary/aromatic N) is 3. The van der Waals surface area contributed by atoms with E-state index in [1.54, 1.807) is 0 Å². The molecule has 0 N–H and O–H groups in total. The second-order valence-electron chi connectivity index (χ2n) is 13.8. The minimum absolute atomic E-state index is 0.140. The van der Waals surface area contributed by atoms with E-state index in [-0.39, 0.29) is 5.57 Å². The molecule has 50 heavy (non-hydrogen) atoms. The first-order valence-electron chi connectivity index (χ1n) is 18.5. The minimum Gasteiger partial charge on any atom is -0.310 e. The molecule has 0 radical (unpaired) electrons. The van der Waals surface area contributed by atoms with E-state index in [2.05, 4.69) is 134 Å². The summed E-state index contributed by atoms with van der Waals surface area (Å²) >= 11 is 0. The van der Waals surface area contributed by atoms with E-state index in [1.807, 2.05) is 12.1 Å². The maximum absolute atomic E-state index is 10.2. The number of para-hydroxylation sites is 2. The predicted molar refractivity (Wildman–Crippen MR) is 206 cm³/mol. The molecule has 1 heterocycles. The zero-order valence-electron chi connectivity index (χ0n) is 29.4. The molecule has 0 aromatic heterocycles. The summed E-state index contributed by atoms with van der Waals surface area (Å²) < 4.78 is 0. The van der Waals surface area contributed by atoms with Crippen molar-refractivity contribution in [3.8, 4) is 12.1 Å². The molecule has 0 fully saturated rings. The van der Waals surface area contributed by atoms with Crippen LogP contribution in [0.5, 0.6) is 0 Å². The molecule has 1 aliphatic heterocycles. The van der Waals surface area contributed by atoms with Gasteiger partial charge in [0.05, 0.1) is 16.8 Å². The summed E-state index contributed by atoms with van der Waals surface area (Å²) in [4.78, 5) is 2.49. The van der Waals surface area contributed by atoms with Gasteiger partial charge < -0.3 is 4.90 Å². The number of allylic oxidation sites excluding steroid dienone is 1. The number of fused-ring (bicyclic) bond motifs is 8. The van der Waals surface area contributed by atoms with Crippen LogP contribution in [-0.4, -0.2) is 0 Å². The van der Waals surface area contributed by atoms with Gasteiger partial charge in [-0.05, 0) is 94.5 Å². The molecule has 2 aliphatic rings. The Labute approximate surface area is 298 Å². The largest absolute Gasteiger partial charge is 0.310 e. The summed E-state index contributed by atoms with van der Waals surface area (Å²) in [7, 11) is 0. The fourth-order valence-electron chi connectivity index (χ4n) is 8.53. The van der Waals surface area contributed by atoms with Crippen molar-refractivity contribution in [2.24, 2.45) is 0 Å². The van der Waals surface area contributed by atoms with Crippen molar-refractivity contribution in [2.45, 2.75) is 83.5 Å². The Kier molecular flexibility index (Phi) is 9.69. The number of nitriles is 2. The number of rotatable bonds is 11. The molecule has 3 heteroatoms. The Morgan fingerprint density at radius 1 is 0.540 bits per heavy atom. The SMILES string of the molecule is CCCCCCc1cc(CCCCCC)cc(N2c3ccccc3C3(c4ccccc4C(=C(C#N)C#N)c4ccccc43)c3ccccc32)c1. The van der Waals surface area contributed by atoms with Crippen LogP contribution >= 0.6 is 0 Å². The first kappa shape index (κ1) is 33.1. The van der Waals surface area contributed by atoms with Gasteiger partial charge in [-0.3, -0.25) is 0 Å². The number of benzene rings is 5. The van der Waals surface area contributed by atoms with Crippen LogP contribution in [0.1, 0.15) is 110 Å². The second-order valence-corrected chi connectivity index (χ2v) is 13.8. The summed E-state index contributed by atoms with van der Waals surface area (Å²) in [6.45, 7) is 4.55. The van der Waals surface area contributed by atoms with Crippen molar-refractivity contribution in [2.75, 3.05) is 4.90 Å². The van der Waals surface area contributed by atoms with E-state index in [0.29, 0.717) is 5.57 Å². The molecule has 3 nitrogen and oxygen atoms in total. The van der Waals surface area contributed by atoms with E-state index >= 15 is 0 Å². The summed E-state index contributed by atoms with van der Waals surface area (Å²) in [5.74, 6) is 0. The van der Waals surface area contributed by atoms with Gasteiger partial charge in [0, 0.05) is 11.3 Å². The standard InChI is InChI=1S/C47H45N3/c1-3-5-7-9-19-34-29-35(20-10-8-6-4-2)31-37(30-34)50-44-27-17-15-25-42(44)47(43-26-16-18-28-45(43)50)40-23-13-11-21-38(40)46(36(32-48)33-49)39-22-12-14-24-41(39)47/h11-18,21-31H,3-10,19-20H2,1-2H3. The molecule has 0 saturated heterocycles. The van der Waals surface area contributed by atoms with Gasteiger partial charge in [-0.25, -0.2) is 0 Å². The highest BCUT2D eigenvalue weighted by Crippen LogP contribution is 2.62. The molecule has 5 aromatic carbocycles. The summed E-state index contributed by atoms with van der Waals surface area (Å²) in [5.41, 5.74) is 13.0. The lowest BCUT2D eigenvalue weighted by Crippen LogP contribution is -2.41. The Morgan fingerprint density at radius 3 is 1.44 bits per heavy atom. The van der Waals surface area contributed by atoms with Crippen molar-refractivity contribution < 1.29 is 0 Å². The minimum atomic E-state index is -0.656. The molecule has 0 unspecified atom stereocenters. The Balaban J connectivity index is 1.48. The molecule has 5 aromatic rings. The lowest BCUT2D eigenvalue weighted by molar-refractivity contribution is 0.661. The highest BCUT2D eigenvalue weighted by molar-refractivity contribution is 5.98. The maximum Gasteiger partial charge on any atom is 0.138 e. The summed E-state index contributed by atoms with van der Waals surface area (Å²) in [6.07, 6.45) is 12.2. The maximum atomic E-state index is 10.2. The van der Waals surface area contributed by atoms with Gasteiger partial charge in [-0.15, -0.1) is 0 Å². The van der Waals surface area contributed by atoms with Gasteiger partial charge in [-0.2, -0.15) is 10.5 Å². The Hall–Kier alpha value is -5.38. The lowest BCUT2D eigenvalue weighted by atomic mass is 9.56. The van der Waals surface area contributed by atoms with Crippen LogP contribution in [-0.2, 0) is 18.3 Å². The lowest BCUT2D eigenvalue weighted by Gasteiger charge is -2.49. The van der Waals surface area contributed by atoms with Gasteiger partial charge >= 0.3 is 0 Å². The number of unbranched alkanes of at least 4 members (excludes halogenated alkanes) is 6. The first-order chi connectivity index (χ1) is 24.7. The van der Waals surface area contributed by atoms with Gasteiger partial charge in [-0.1, -0.05) is 143 Å². The van der Waals surface area contributed by atoms with Crippen LogP contribution in [0, 0.1) is 22.7 Å². The fourth-order valence-corrected chi connectivity index (χ4v) is 8.53. The highest BCUT2D eigenvalue weighted by atomic mass is 15.2. The van der Waals surface area contributed by atoms with Crippen LogP contribution in [0.4, 0.5) is 17.1 Å². The Bertz CT molecular complexity index is 1990. The van der Waals surface area contributed by atoms with Crippen molar-refractivity contribution in [1.82, 2.24) is 0 Å². The third-order valence-electron chi connectivity index (χ3n) is 10.7. The number of aryl methyl sites for hydroxylation is 2. The van der Waals surface area contributed by atoms with Gasteiger partial charge in [0.1, 0.15) is 17.7 Å². The first-order valence-corrected chi connectivity index (χ1v) is 18.5. The molecule has 1 aliphatic carbocycles. The molecule has 7 rings (SSSR count). The van der Waals surface area contributed by atoms with E-state index in [9.17, 15) is 10.5 Å². The van der Waals surface area contributed by atoms with Crippen molar-refractivity contribution in [3.63, 3.8) is 0 Å². The molecule has 0 atom stereocenters. The molecule has 248 valence electrons. The number of anilines is 3. The van der Waals surface area contributed by atoms with Crippen LogP contribution in [0.25, 0.3) is 5.57 Å². The van der Waals surface area contributed by atoms with Gasteiger partial charge in [0.2, 0.25) is 0 Å². The molecular weight excluding hydrogens is 607 g/mol. The average Bonchev–Trinajstić information content (AvgIpc) is 3.16. The zero-order valence-corrected chi connectivity index (χ0v) is 29.4. The molecule has 0 amide bonds. The third-order valence-corrected chi connectivity index (χ3v) is 10.7.